The molecule has 1 amide bonds. The Bertz CT molecular complexity index is 985. The molecular weight excluding hydrogens is 390 g/mol. The van der Waals surface area contributed by atoms with E-state index in [9.17, 15) is 4.79 Å². The van der Waals surface area contributed by atoms with Crippen LogP contribution in [0.25, 0.3) is 0 Å². The van der Waals surface area contributed by atoms with Crippen molar-refractivity contribution in [2.75, 3.05) is 26.1 Å². The van der Waals surface area contributed by atoms with E-state index in [2.05, 4.69) is 25.6 Å². The fourth-order valence-corrected chi connectivity index (χ4v) is 3.44. The zero-order valence-corrected chi connectivity index (χ0v) is 17.6. The van der Waals surface area contributed by atoms with Crippen LogP contribution in [0.5, 0.6) is 11.5 Å². The molecule has 0 saturated heterocycles. The number of carbonyl (C=O) groups is 1. The Labute approximate surface area is 173 Å². The minimum Gasteiger partial charge on any atom is -0.493 e. The van der Waals surface area contributed by atoms with E-state index in [1.165, 1.54) is 11.3 Å². The lowest BCUT2D eigenvalue weighted by Gasteiger charge is -2.09. The van der Waals surface area contributed by atoms with Crippen molar-refractivity contribution in [1.29, 1.82) is 0 Å². The van der Waals surface area contributed by atoms with Crippen molar-refractivity contribution in [3.05, 3.63) is 52.3 Å². The zero-order valence-electron chi connectivity index (χ0n) is 16.8. The second-order valence-electron chi connectivity index (χ2n) is 6.33. The van der Waals surface area contributed by atoms with Gasteiger partial charge in [-0.25, -0.2) is 15.0 Å². The first-order chi connectivity index (χ1) is 14.0. The number of anilines is 2. The highest BCUT2D eigenvalue weighted by atomic mass is 32.1. The van der Waals surface area contributed by atoms with Crippen LogP contribution in [-0.4, -0.2) is 41.6 Å². The van der Waals surface area contributed by atoms with Gasteiger partial charge in [-0.05, 0) is 44.0 Å². The summed E-state index contributed by atoms with van der Waals surface area (Å²) >= 11 is 1.33. The lowest BCUT2D eigenvalue weighted by Crippen LogP contribution is -2.26. The van der Waals surface area contributed by atoms with Gasteiger partial charge in [0.05, 0.1) is 14.2 Å². The number of hydrogen-bond acceptors (Lipinski definition) is 8. The molecular formula is C20H23N5O3S. The highest BCUT2D eigenvalue weighted by Crippen LogP contribution is 2.27. The average Bonchev–Trinajstić information content (AvgIpc) is 3.15. The standard InChI is InChI=1S/C20H23N5O3S/c1-12-9-13(2)23-19(22-12)25-20-24-15(11-29-20)18(26)21-8-7-14-5-6-16(27-3)17(10-14)28-4/h5-6,9-11H,7-8H2,1-4H3,(H,21,26)(H,22,23,24,25). The minimum atomic E-state index is -0.226. The summed E-state index contributed by atoms with van der Waals surface area (Å²) in [5.74, 6) is 1.59. The van der Waals surface area contributed by atoms with Crippen LogP contribution in [0.1, 0.15) is 27.4 Å². The summed E-state index contributed by atoms with van der Waals surface area (Å²) in [6.45, 7) is 4.28. The molecule has 3 aromatic rings. The maximum Gasteiger partial charge on any atom is 0.270 e. The summed E-state index contributed by atoms with van der Waals surface area (Å²) < 4.78 is 10.5. The molecule has 0 radical (unpaired) electrons. The van der Waals surface area contributed by atoms with Gasteiger partial charge in [-0.1, -0.05) is 6.07 Å². The first kappa shape index (κ1) is 20.5. The Morgan fingerprint density at radius 2 is 1.76 bits per heavy atom. The first-order valence-corrected chi connectivity index (χ1v) is 9.90. The minimum absolute atomic E-state index is 0.226. The molecule has 0 bridgehead atoms. The highest BCUT2D eigenvalue weighted by molar-refractivity contribution is 7.14. The van der Waals surface area contributed by atoms with Gasteiger partial charge in [0.1, 0.15) is 5.69 Å². The topological polar surface area (TPSA) is 98.3 Å². The normalized spacial score (nSPS) is 10.5. The van der Waals surface area contributed by atoms with E-state index in [-0.39, 0.29) is 5.91 Å². The molecule has 3 rings (SSSR count). The third-order valence-corrected chi connectivity index (χ3v) is 4.84. The second-order valence-corrected chi connectivity index (χ2v) is 7.19. The molecule has 0 aliphatic heterocycles. The van der Waals surface area contributed by atoms with E-state index in [4.69, 9.17) is 9.47 Å². The van der Waals surface area contributed by atoms with Crippen molar-refractivity contribution in [2.45, 2.75) is 20.3 Å². The third-order valence-electron chi connectivity index (χ3n) is 4.09. The number of aromatic nitrogens is 3. The molecule has 8 nitrogen and oxygen atoms in total. The van der Waals surface area contributed by atoms with Gasteiger partial charge in [0.25, 0.3) is 5.91 Å². The van der Waals surface area contributed by atoms with Crippen molar-refractivity contribution in [3.8, 4) is 11.5 Å². The molecule has 9 heteroatoms. The number of nitrogens with one attached hydrogen (secondary N) is 2. The number of rotatable bonds is 8. The number of ether oxygens (including phenoxy) is 2. The number of amides is 1. The maximum absolute atomic E-state index is 12.4. The Morgan fingerprint density at radius 1 is 1.03 bits per heavy atom. The van der Waals surface area contributed by atoms with Crippen molar-refractivity contribution in [2.24, 2.45) is 0 Å². The Balaban J connectivity index is 1.55. The van der Waals surface area contributed by atoms with Gasteiger partial charge in [0, 0.05) is 23.3 Å². The average molecular weight is 414 g/mol. The van der Waals surface area contributed by atoms with Crippen molar-refractivity contribution in [3.63, 3.8) is 0 Å². The molecule has 0 saturated carbocycles. The summed E-state index contributed by atoms with van der Waals surface area (Å²) in [7, 11) is 3.20. The van der Waals surface area contributed by atoms with Crippen molar-refractivity contribution in [1.82, 2.24) is 20.3 Å². The van der Waals surface area contributed by atoms with Crippen molar-refractivity contribution >= 4 is 28.3 Å². The molecule has 0 aliphatic rings. The van der Waals surface area contributed by atoms with Crippen LogP contribution in [-0.2, 0) is 6.42 Å². The molecule has 2 heterocycles. The van der Waals surface area contributed by atoms with Crippen molar-refractivity contribution < 1.29 is 14.3 Å². The monoisotopic (exact) mass is 413 g/mol. The molecule has 0 aliphatic carbocycles. The van der Waals surface area contributed by atoms with Crippen LogP contribution in [0.3, 0.4) is 0 Å². The number of aryl methyl sites for hydroxylation is 2. The molecule has 0 spiro atoms. The van der Waals surface area contributed by atoms with Gasteiger partial charge in [0.15, 0.2) is 16.6 Å². The maximum atomic E-state index is 12.4. The molecule has 0 unspecified atom stereocenters. The molecule has 29 heavy (non-hydrogen) atoms. The molecule has 2 N–H and O–H groups in total. The first-order valence-electron chi connectivity index (χ1n) is 9.02. The SMILES string of the molecule is COc1ccc(CCNC(=O)c2csc(Nc3nc(C)cc(C)n3)n2)cc1OC. The summed E-state index contributed by atoms with van der Waals surface area (Å²) in [4.78, 5) is 25.3. The highest BCUT2D eigenvalue weighted by Gasteiger charge is 2.12. The van der Waals surface area contributed by atoms with Gasteiger partial charge in [-0.2, -0.15) is 0 Å². The molecule has 2 aromatic heterocycles. The second kappa shape index (κ2) is 9.33. The predicted octanol–water partition coefficient (Wildman–Crippen LogP) is 3.28. The summed E-state index contributed by atoms with van der Waals surface area (Å²) in [5.41, 5.74) is 3.12. The van der Waals surface area contributed by atoms with Crippen LogP contribution in [0.15, 0.2) is 29.6 Å². The fraction of sp³-hybridized carbons (Fsp3) is 0.300. The third kappa shape index (κ3) is 5.41. The lowest BCUT2D eigenvalue weighted by atomic mass is 10.1. The molecule has 0 atom stereocenters. The number of carbonyl (C=O) groups excluding carboxylic acids is 1. The Kier molecular flexibility index (Phi) is 6.61. The van der Waals surface area contributed by atoms with Gasteiger partial charge in [0.2, 0.25) is 5.95 Å². The van der Waals surface area contributed by atoms with E-state index in [1.807, 2.05) is 38.1 Å². The summed E-state index contributed by atoms with van der Waals surface area (Å²) in [6.07, 6.45) is 0.664. The smallest absolute Gasteiger partial charge is 0.270 e. The number of nitrogens with zero attached hydrogens (tertiary/aromatic N) is 3. The van der Waals surface area contributed by atoms with E-state index < -0.39 is 0 Å². The van der Waals surface area contributed by atoms with Gasteiger partial charge in [-0.3, -0.25) is 4.79 Å². The van der Waals surface area contributed by atoms with Gasteiger partial charge >= 0.3 is 0 Å². The van der Waals surface area contributed by atoms with Gasteiger partial charge in [-0.15, -0.1) is 11.3 Å². The van der Waals surface area contributed by atoms with Crippen LogP contribution in [0, 0.1) is 13.8 Å². The molecule has 0 fully saturated rings. The molecule has 152 valence electrons. The van der Waals surface area contributed by atoms with E-state index in [1.54, 1.807) is 19.6 Å². The number of hydrogen-bond donors (Lipinski definition) is 2. The largest absolute Gasteiger partial charge is 0.493 e. The number of methoxy groups -OCH3 is 2. The molecule has 1 aromatic carbocycles. The number of benzene rings is 1. The quantitative estimate of drug-likeness (QED) is 0.585. The summed E-state index contributed by atoms with van der Waals surface area (Å²) in [5, 5.41) is 8.20. The zero-order chi connectivity index (χ0) is 20.8. The Hall–Kier alpha value is -3.20. The Morgan fingerprint density at radius 3 is 2.45 bits per heavy atom. The van der Waals surface area contributed by atoms with E-state index in [0.29, 0.717) is 41.2 Å². The van der Waals surface area contributed by atoms with E-state index in [0.717, 1.165) is 17.0 Å². The van der Waals surface area contributed by atoms with Crippen LogP contribution < -0.4 is 20.1 Å². The predicted molar refractivity (Wildman–Crippen MR) is 112 cm³/mol. The van der Waals surface area contributed by atoms with Gasteiger partial charge < -0.3 is 20.1 Å². The summed E-state index contributed by atoms with van der Waals surface area (Å²) in [6, 6.07) is 7.59. The van der Waals surface area contributed by atoms with Crippen LogP contribution >= 0.6 is 11.3 Å². The van der Waals surface area contributed by atoms with Crippen LogP contribution in [0.2, 0.25) is 0 Å². The fourth-order valence-electron chi connectivity index (χ4n) is 2.76. The number of thiazole rings is 1. The van der Waals surface area contributed by atoms with E-state index >= 15 is 0 Å². The van der Waals surface area contributed by atoms with Crippen LogP contribution in [0.4, 0.5) is 11.1 Å². The lowest BCUT2D eigenvalue weighted by molar-refractivity contribution is 0.0950.